The standard InChI is InChI=1S/C16H30N2O2.C9H18O2.C8H18.C6H5Cl.2C2H6/c1-6-9-13(7-2)15(19)18-11-12(4)10-14(18)16(20)17(5)8-3;1-5-7(2)8(11)9(3,4)6-10;1-6-7(2)8(3,4)5;7-6-4-2-1-3-5-6;2*1-2/h12-14H,6-11H2,1-5H3;7,10H,5-6H2,1-4H3;7H,6H2,1-5H3;1-5H;2*1-2H3. The molecule has 1 heterocycles. The first-order valence-corrected chi connectivity index (χ1v) is 20.1. The maximum absolute atomic E-state index is 12.7. The number of carbonyl (C=O) groups excluding carboxylic acids is 3. The molecule has 296 valence electrons. The van der Waals surface area contributed by atoms with Crippen LogP contribution < -0.4 is 0 Å². The molecule has 5 unspecified atom stereocenters. The van der Waals surface area contributed by atoms with E-state index in [0.29, 0.717) is 17.9 Å². The van der Waals surface area contributed by atoms with E-state index in [1.165, 1.54) is 6.42 Å². The van der Waals surface area contributed by atoms with Crippen LogP contribution in [0, 0.1) is 34.5 Å². The summed E-state index contributed by atoms with van der Waals surface area (Å²) in [6.07, 6.45) is 5.75. The molecule has 0 aliphatic carbocycles. The number of rotatable bonds is 11. The molecule has 1 aromatic carbocycles. The van der Waals surface area contributed by atoms with E-state index >= 15 is 0 Å². The molecular weight excluding hydrogens is 644 g/mol. The molecule has 5 atom stereocenters. The Morgan fingerprint density at radius 1 is 0.900 bits per heavy atom. The van der Waals surface area contributed by atoms with E-state index in [1.54, 1.807) is 18.7 Å². The molecule has 2 amide bonds. The molecule has 1 aliphatic rings. The van der Waals surface area contributed by atoms with Gasteiger partial charge in [0.15, 0.2) is 0 Å². The van der Waals surface area contributed by atoms with Gasteiger partial charge in [0.1, 0.15) is 11.8 Å². The Hall–Kier alpha value is -1.92. The number of aliphatic hydroxyl groups excluding tert-OH is 1. The van der Waals surface area contributed by atoms with Gasteiger partial charge in [-0.1, -0.05) is 153 Å². The zero-order valence-corrected chi connectivity index (χ0v) is 36.8. The SMILES string of the molecule is CC.CC.CCC(C)C(=O)C(C)(C)CO.CCC(C)C(C)(C)C.CCCC(CC)C(=O)N1CC(C)CC1C(=O)N(C)CC.Clc1ccccc1. The minimum Gasteiger partial charge on any atom is -0.395 e. The van der Waals surface area contributed by atoms with Crippen LogP contribution in [0.3, 0.4) is 0 Å². The summed E-state index contributed by atoms with van der Waals surface area (Å²) in [5.41, 5.74) is -0.0514. The third-order valence-electron chi connectivity index (χ3n) is 9.35. The van der Waals surface area contributed by atoms with Crippen molar-refractivity contribution in [2.75, 3.05) is 26.7 Å². The lowest BCUT2D eigenvalue weighted by Gasteiger charge is -2.30. The van der Waals surface area contributed by atoms with Crippen LogP contribution in [0.2, 0.25) is 5.02 Å². The zero-order chi connectivity index (χ0) is 40.3. The topological polar surface area (TPSA) is 77.9 Å². The largest absolute Gasteiger partial charge is 0.395 e. The average molecular weight is 728 g/mol. The Morgan fingerprint density at radius 3 is 1.70 bits per heavy atom. The fourth-order valence-electron chi connectivity index (χ4n) is 4.98. The van der Waals surface area contributed by atoms with Crippen LogP contribution in [0.15, 0.2) is 30.3 Å². The molecular formula is C43H83ClN2O4. The van der Waals surface area contributed by atoms with Crippen molar-refractivity contribution in [3.05, 3.63) is 35.4 Å². The van der Waals surface area contributed by atoms with Crippen LogP contribution in [-0.4, -0.2) is 65.3 Å². The van der Waals surface area contributed by atoms with Gasteiger partial charge in [-0.25, -0.2) is 0 Å². The number of likely N-dealkylation sites (tertiary alicyclic amines) is 1. The molecule has 1 fully saturated rings. The van der Waals surface area contributed by atoms with Gasteiger partial charge in [0.2, 0.25) is 11.8 Å². The predicted molar refractivity (Wildman–Crippen MR) is 220 cm³/mol. The van der Waals surface area contributed by atoms with Gasteiger partial charge in [-0.15, -0.1) is 0 Å². The van der Waals surface area contributed by atoms with Gasteiger partial charge in [-0.2, -0.15) is 0 Å². The maximum Gasteiger partial charge on any atom is 0.245 e. The zero-order valence-electron chi connectivity index (χ0n) is 36.1. The summed E-state index contributed by atoms with van der Waals surface area (Å²) in [5, 5.41) is 9.68. The minimum atomic E-state index is -0.560. The van der Waals surface area contributed by atoms with Crippen molar-refractivity contribution in [2.45, 2.75) is 162 Å². The number of aliphatic hydroxyl groups is 1. The molecule has 1 aliphatic heterocycles. The van der Waals surface area contributed by atoms with Crippen LogP contribution in [0.5, 0.6) is 0 Å². The highest BCUT2D eigenvalue weighted by Crippen LogP contribution is 2.28. The van der Waals surface area contributed by atoms with Gasteiger partial charge in [-0.05, 0) is 62.0 Å². The maximum atomic E-state index is 12.7. The van der Waals surface area contributed by atoms with Crippen molar-refractivity contribution >= 4 is 29.2 Å². The average Bonchev–Trinajstić information content (AvgIpc) is 3.52. The third kappa shape index (κ3) is 22.8. The lowest BCUT2D eigenvalue weighted by molar-refractivity contribution is -0.145. The van der Waals surface area contributed by atoms with E-state index in [2.05, 4.69) is 55.4 Å². The van der Waals surface area contributed by atoms with E-state index in [0.717, 1.165) is 49.6 Å². The summed E-state index contributed by atoms with van der Waals surface area (Å²) in [6.45, 7) is 36.5. The van der Waals surface area contributed by atoms with Gasteiger partial charge >= 0.3 is 0 Å². The number of ketones is 1. The minimum absolute atomic E-state index is 0.0594. The molecule has 1 saturated heterocycles. The highest BCUT2D eigenvalue weighted by atomic mass is 35.5. The summed E-state index contributed by atoms with van der Waals surface area (Å²) < 4.78 is 0. The molecule has 2 rings (SSSR count). The van der Waals surface area contributed by atoms with E-state index in [9.17, 15) is 14.4 Å². The number of amides is 2. The highest BCUT2D eigenvalue weighted by molar-refractivity contribution is 6.30. The number of likely N-dealkylation sites (N-methyl/N-ethyl adjacent to an activating group) is 1. The highest BCUT2D eigenvalue weighted by Gasteiger charge is 2.40. The number of benzene rings is 1. The van der Waals surface area contributed by atoms with Crippen LogP contribution in [-0.2, 0) is 14.4 Å². The third-order valence-corrected chi connectivity index (χ3v) is 9.61. The number of hydrogen-bond donors (Lipinski definition) is 1. The van der Waals surface area contributed by atoms with E-state index in [-0.39, 0.29) is 42.1 Å². The summed E-state index contributed by atoms with van der Waals surface area (Å²) >= 11 is 5.54. The molecule has 0 bridgehead atoms. The van der Waals surface area contributed by atoms with Gasteiger partial charge in [0.05, 0.1) is 6.61 Å². The van der Waals surface area contributed by atoms with E-state index in [1.807, 2.05) is 90.7 Å². The molecule has 7 heteroatoms. The van der Waals surface area contributed by atoms with Crippen molar-refractivity contribution in [3.63, 3.8) is 0 Å². The molecule has 0 saturated carbocycles. The first-order valence-electron chi connectivity index (χ1n) is 19.7. The fourth-order valence-corrected chi connectivity index (χ4v) is 5.12. The molecule has 1 N–H and O–H groups in total. The van der Waals surface area contributed by atoms with Crippen molar-refractivity contribution in [1.29, 1.82) is 0 Å². The van der Waals surface area contributed by atoms with Crippen molar-refractivity contribution in [3.8, 4) is 0 Å². The quantitative estimate of drug-likeness (QED) is 0.246. The molecule has 1 aromatic rings. The van der Waals surface area contributed by atoms with Crippen LogP contribution in [0.1, 0.15) is 156 Å². The monoisotopic (exact) mass is 727 g/mol. The Balaban J connectivity index is -0.000000298. The lowest BCUT2D eigenvalue weighted by atomic mass is 9.81. The van der Waals surface area contributed by atoms with Crippen LogP contribution in [0.4, 0.5) is 0 Å². The molecule has 50 heavy (non-hydrogen) atoms. The summed E-state index contributed by atoms with van der Waals surface area (Å²) in [5.74, 6) is 1.84. The summed E-state index contributed by atoms with van der Waals surface area (Å²) in [6, 6.07) is 9.20. The normalized spacial score (nSPS) is 16.8. The van der Waals surface area contributed by atoms with Crippen molar-refractivity contribution < 1.29 is 19.5 Å². The summed E-state index contributed by atoms with van der Waals surface area (Å²) in [7, 11) is 1.82. The van der Waals surface area contributed by atoms with Gasteiger partial charge < -0.3 is 14.9 Å². The predicted octanol–water partition coefficient (Wildman–Crippen LogP) is 11.6. The lowest BCUT2D eigenvalue weighted by Crippen LogP contribution is -2.48. The first-order chi connectivity index (χ1) is 23.3. The second-order valence-electron chi connectivity index (χ2n) is 14.8. The first kappa shape index (κ1) is 54.8. The number of hydrogen-bond acceptors (Lipinski definition) is 4. The summed E-state index contributed by atoms with van der Waals surface area (Å²) in [4.78, 5) is 40.2. The van der Waals surface area contributed by atoms with Crippen molar-refractivity contribution in [1.82, 2.24) is 9.80 Å². The molecule has 6 nitrogen and oxygen atoms in total. The van der Waals surface area contributed by atoms with E-state index < -0.39 is 5.41 Å². The number of halogens is 1. The number of Topliss-reactive ketones (excluding diaryl/α,β-unsaturated/α-hetero) is 1. The van der Waals surface area contributed by atoms with Gasteiger partial charge in [0, 0.05) is 42.4 Å². The second-order valence-corrected chi connectivity index (χ2v) is 15.2. The molecule has 0 aromatic heterocycles. The molecule has 0 spiro atoms. The second kappa shape index (κ2) is 30.7. The number of carbonyl (C=O) groups is 3. The Labute approximate surface area is 316 Å². The van der Waals surface area contributed by atoms with Crippen LogP contribution in [0.25, 0.3) is 0 Å². The van der Waals surface area contributed by atoms with Gasteiger partial charge in [-0.3, -0.25) is 14.4 Å². The van der Waals surface area contributed by atoms with Crippen LogP contribution >= 0.6 is 11.6 Å². The Morgan fingerprint density at radius 2 is 1.40 bits per heavy atom. The number of nitrogens with zero attached hydrogens (tertiary/aromatic N) is 2. The van der Waals surface area contributed by atoms with Crippen molar-refractivity contribution in [2.24, 2.45) is 34.5 Å². The molecule has 0 radical (unpaired) electrons. The fraction of sp³-hybridized carbons (Fsp3) is 0.791. The Kier molecular flexibility index (Phi) is 33.7. The van der Waals surface area contributed by atoms with E-state index in [4.69, 9.17) is 16.7 Å². The van der Waals surface area contributed by atoms with Gasteiger partial charge in [0.25, 0.3) is 0 Å². The Bertz CT molecular complexity index is 977. The smallest absolute Gasteiger partial charge is 0.245 e.